The number of phosphoric acid groups is 1. The maximum absolute atomic E-state index is 12.6. The van der Waals surface area contributed by atoms with Gasteiger partial charge in [-0.2, -0.15) is 5.32 Å². The number of fused-ring (bicyclic) bond motifs is 2. The first-order valence-electron chi connectivity index (χ1n) is 9.46. The highest BCUT2D eigenvalue weighted by atomic mass is 31.2. The lowest BCUT2D eigenvalue weighted by Gasteiger charge is -2.24. The van der Waals surface area contributed by atoms with Gasteiger partial charge in [0, 0.05) is 0 Å². The first kappa shape index (κ1) is 22.9. The second-order valence-corrected chi connectivity index (χ2v) is 8.86. The number of aryl methyl sites for hydroxylation is 2. The molecule has 2 aliphatic rings. The molecule has 32 heavy (non-hydrogen) atoms. The molecule has 15 heteroatoms. The molecule has 0 aliphatic carbocycles. The number of anilines is 1. The molecule has 1 spiro atoms. The van der Waals surface area contributed by atoms with Gasteiger partial charge in [-0.3, -0.25) is 14.6 Å². The Bertz CT molecular complexity index is 1130. The molecule has 7 N–H and O–H groups in total. The van der Waals surface area contributed by atoms with Crippen molar-refractivity contribution in [2.45, 2.75) is 44.7 Å². The number of carbonyl (C=O) groups excluding carboxylic acids is 1. The lowest BCUT2D eigenvalue weighted by atomic mass is 10.1. The quantitative estimate of drug-likeness (QED) is 0.101. The molecule has 3 heterocycles. The molecular weight excluding hydrogens is 451 g/mol. The smallest absolute Gasteiger partial charge is 0.388 e. The monoisotopic (exact) mass is 473 g/mol. The number of rotatable bonds is 7. The van der Waals surface area contributed by atoms with Crippen LogP contribution in [0.25, 0.3) is 11.0 Å². The highest BCUT2D eigenvalue weighted by Gasteiger charge is 2.61. The van der Waals surface area contributed by atoms with Gasteiger partial charge < -0.3 is 25.1 Å². The van der Waals surface area contributed by atoms with Crippen LogP contribution in [0, 0.1) is 13.8 Å². The lowest BCUT2D eigenvalue weighted by molar-refractivity contribution is -0.667. The largest absolute Gasteiger partial charge is 0.469 e. The number of amides is 1. The van der Waals surface area contributed by atoms with Gasteiger partial charge in [-0.15, -0.1) is 9.78 Å². The van der Waals surface area contributed by atoms with Crippen molar-refractivity contribution >= 4 is 30.6 Å². The van der Waals surface area contributed by atoms with E-state index in [1.807, 2.05) is 13.8 Å². The molecule has 3 atom stereocenters. The number of phosphoric ester groups is 1. The van der Waals surface area contributed by atoms with Gasteiger partial charge in [-0.25, -0.2) is 14.1 Å². The third-order valence-electron chi connectivity index (χ3n) is 5.21. The Labute approximate surface area is 180 Å². The Hall–Kier alpha value is -2.26. The van der Waals surface area contributed by atoms with E-state index in [-0.39, 0.29) is 18.1 Å². The number of nitrogens with zero attached hydrogens (tertiary/aromatic N) is 2. The van der Waals surface area contributed by atoms with E-state index in [0.29, 0.717) is 11.0 Å². The van der Waals surface area contributed by atoms with Crippen LogP contribution in [0.5, 0.6) is 0 Å². The highest BCUT2D eigenvalue weighted by Crippen LogP contribution is 2.36. The summed E-state index contributed by atoms with van der Waals surface area (Å²) in [5, 5.41) is 36.1. The van der Waals surface area contributed by atoms with Crippen molar-refractivity contribution in [3.8, 4) is 0 Å². The van der Waals surface area contributed by atoms with Gasteiger partial charge in [0.2, 0.25) is 5.69 Å². The second kappa shape index (κ2) is 7.95. The van der Waals surface area contributed by atoms with Crippen LogP contribution in [-0.4, -0.2) is 67.0 Å². The van der Waals surface area contributed by atoms with E-state index in [9.17, 15) is 24.7 Å². The maximum atomic E-state index is 12.6. The molecule has 2 aromatic rings. The Balaban J connectivity index is 1.71. The normalized spacial score (nSPS) is 19.8. The summed E-state index contributed by atoms with van der Waals surface area (Å²) in [6.45, 7) is 2.48. The average molecular weight is 473 g/mol. The molecule has 0 saturated carbocycles. The van der Waals surface area contributed by atoms with Crippen LogP contribution in [0.15, 0.2) is 12.1 Å². The van der Waals surface area contributed by atoms with Crippen molar-refractivity contribution < 1.29 is 53.3 Å². The molecule has 174 valence electrons. The van der Waals surface area contributed by atoms with Crippen LogP contribution in [-0.2, 0) is 25.4 Å². The standard InChI is InChI=1S/C17H21N4O10P/c1-7-3-9-10(4-8(7)2)21(5-11(22)14(24)12(23)6-29-32(26,27)28)15-13(18-9)16(25)20-17(19-15)30-31-17/h3-4,11-12,14,22-24H,5-6H2,1-2H3,(H3,20,25,26,27,28)/p+1/t11-,12-,14-/m1/s1. The molecule has 14 nitrogen and oxygen atoms in total. The third kappa shape index (κ3) is 4.45. The van der Waals surface area contributed by atoms with E-state index < -0.39 is 44.7 Å². The van der Waals surface area contributed by atoms with Crippen molar-refractivity contribution in [1.29, 1.82) is 0 Å². The molecule has 2 aliphatic heterocycles. The van der Waals surface area contributed by atoms with Gasteiger partial charge in [-0.05, 0) is 37.1 Å². The Morgan fingerprint density at radius 1 is 1.16 bits per heavy atom. The lowest BCUT2D eigenvalue weighted by Crippen LogP contribution is -2.57. The predicted octanol–water partition coefficient (Wildman–Crippen LogP) is -1.94. The van der Waals surface area contributed by atoms with Crippen LogP contribution in [0.1, 0.15) is 21.6 Å². The third-order valence-corrected chi connectivity index (χ3v) is 5.69. The number of carbonyl (C=O) groups is 1. The van der Waals surface area contributed by atoms with Gasteiger partial charge >= 0.3 is 19.7 Å². The number of aliphatic hydroxyl groups excluding tert-OH is 3. The molecule has 0 unspecified atom stereocenters. The van der Waals surface area contributed by atoms with Crippen molar-refractivity contribution in [3.63, 3.8) is 0 Å². The van der Waals surface area contributed by atoms with Crippen LogP contribution in [0.4, 0.5) is 5.82 Å². The Kier molecular flexibility index (Phi) is 5.69. The van der Waals surface area contributed by atoms with Crippen LogP contribution in [0.3, 0.4) is 0 Å². The molecule has 1 saturated heterocycles. The SMILES string of the molecule is Cc1cc2nc3c([n+](C[C@@H](O)[C@@H](O)[C@H](O)COP(=O)(O)O)c2cc1C)NC1(NC3=O)OO1. The van der Waals surface area contributed by atoms with E-state index in [1.54, 1.807) is 12.1 Å². The molecule has 1 aromatic heterocycles. The Morgan fingerprint density at radius 2 is 1.81 bits per heavy atom. The van der Waals surface area contributed by atoms with Gasteiger partial charge in [0.15, 0.2) is 5.52 Å². The highest BCUT2D eigenvalue weighted by molar-refractivity contribution is 7.46. The zero-order valence-electron chi connectivity index (χ0n) is 16.9. The maximum Gasteiger partial charge on any atom is 0.469 e. The first-order valence-corrected chi connectivity index (χ1v) is 11.0. The molecule has 1 aromatic carbocycles. The minimum atomic E-state index is -4.88. The minimum Gasteiger partial charge on any atom is -0.388 e. The Morgan fingerprint density at radius 3 is 2.44 bits per heavy atom. The predicted molar refractivity (Wildman–Crippen MR) is 103 cm³/mol. The fourth-order valence-corrected chi connectivity index (χ4v) is 3.68. The first-order chi connectivity index (χ1) is 14.9. The molecule has 1 fully saturated rings. The summed E-state index contributed by atoms with van der Waals surface area (Å²) < 4.78 is 16.5. The molecule has 0 bridgehead atoms. The summed E-state index contributed by atoms with van der Waals surface area (Å²) in [6.07, 6.45) is -5.27. The number of hydrogen-bond donors (Lipinski definition) is 7. The molecule has 0 radical (unpaired) electrons. The van der Waals surface area contributed by atoms with Gasteiger partial charge in [0.1, 0.15) is 30.4 Å². The summed E-state index contributed by atoms with van der Waals surface area (Å²) in [5.74, 6) is -0.468. The molecule has 1 amide bonds. The summed E-state index contributed by atoms with van der Waals surface area (Å²) in [4.78, 5) is 44.1. The van der Waals surface area contributed by atoms with E-state index in [1.165, 1.54) is 4.57 Å². The van der Waals surface area contributed by atoms with Crippen molar-refractivity contribution in [2.24, 2.45) is 0 Å². The number of benzene rings is 1. The zero-order valence-corrected chi connectivity index (χ0v) is 17.8. The average Bonchev–Trinajstić information content (AvgIpc) is 3.45. The molecular formula is C17H22N4O10P+. The fraction of sp³-hybridized carbons (Fsp3) is 0.471. The van der Waals surface area contributed by atoms with Crippen molar-refractivity contribution in [1.82, 2.24) is 10.3 Å². The zero-order chi connectivity index (χ0) is 23.4. The van der Waals surface area contributed by atoms with Crippen LogP contribution < -0.4 is 15.2 Å². The van der Waals surface area contributed by atoms with E-state index in [2.05, 4.69) is 20.1 Å². The number of hydrogen-bond acceptors (Lipinski definition) is 10. The van der Waals surface area contributed by atoms with Crippen LogP contribution >= 0.6 is 7.82 Å². The summed E-state index contributed by atoms with van der Waals surface area (Å²) in [7, 11) is -4.88. The summed E-state index contributed by atoms with van der Waals surface area (Å²) in [5.41, 5.74) is 2.72. The van der Waals surface area contributed by atoms with Crippen molar-refractivity contribution in [2.75, 3.05) is 11.9 Å². The summed E-state index contributed by atoms with van der Waals surface area (Å²) >= 11 is 0. The number of nitrogens with one attached hydrogen (secondary N) is 2. The molecule has 4 rings (SSSR count). The van der Waals surface area contributed by atoms with E-state index in [0.717, 1.165) is 11.1 Å². The van der Waals surface area contributed by atoms with Crippen LogP contribution in [0.2, 0.25) is 0 Å². The fourth-order valence-electron chi connectivity index (χ4n) is 3.33. The van der Waals surface area contributed by atoms with Gasteiger partial charge in [0.05, 0.1) is 6.61 Å². The van der Waals surface area contributed by atoms with Crippen molar-refractivity contribution in [3.05, 3.63) is 29.0 Å². The second-order valence-electron chi connectivity index (χ2n) is 7.62. The van der Waals surface area contributed by atoms with E-state index >= 15 is 0 Å². The summed E-state index contributed by atoms with van der Waals surface area (Å²) in [6, 6.07) is 1.97. The number of aliphatic hydroxyl groups is 3. The van der Waals surface area contributed by atoms with E-state index in [4.69, 9.17) is 19.6 Å². The van der Waals surface area contributed by atoms with Gasteiger partial charge in [0.25, 0.3) is 5.91 Å². The topological polar surface area (TPSA) is 210 Å². The minimum absolute atomic E-state index is 0.0162. The van der Waals surface area contributed by atoms with Gasteiger partial charge in [-0.1, -0.05) is 0 Å². The number of aromatic nitrogens is 2.